The van der Waals surface area contributed by atoms with Crippen LogP contribution >= 0.6 is 15.9 Å². The van der Waals surface area contributed by atoms with Gasteiger partial charge in [-0.05, 0) is 81.9 Å². The van der Waals surface area contributed by atoms with Gasteiger partial charge in [-0.2, -0.15) is 0 Å². The molecule has 32 heavy (non-hydrogen) atoms. The van der Waals surface area contributed by atoms with Crippen LogP contribution in [-0.2, 0) is 4.79 Å². The summed E-state index contributed by atoms with van der Waals surface area (Å²) in [5, 5.41) is 0. The molecule has 0 unspecified atom stereocenters. The minimum Gasteiger partial charge on any atom is -0.493 e. The number of anilines is 1. The average Bonchev–Trinajstić information content (AvgIpc) is 3.12. The number of carbonyl (C=O) groups is 1. The van der Waals surface area contributed by atoms with Crippen molar-refractivity contribution in [1.82, 2.24) is 0 Å². The summed E-state index contributed by atoms with van der Waals surface area (Å²) in [7, 11) is 0. The lowest BCUT2D eigenvalue weighted by molar-refractivity contribution is -0.113. The highest BCUT2D eigenvalue weighted by Gasteiger charge is 2.30. The van der Waals surface area contributed by atoms with Crippen molar-refractivity contribution in [2.45, 2.75) is 26.7 Å². The van der Waals surface area contributed by atoms with Crippen LogP contribution in [0.1, 0.15) is 43.4 Å². The van der Waals surface area contributed by atoms with Crippen molar-refractivity contribution < 1.29 is 9.53 Å². The molecule has 0 saturated carbocycles. The number of amides is 1. The number of rotatable bonds is 6. The molecule has 3 nitrogen and oxygen atoms in total. The average molecular weight is 488 g/mol. The molecular weight excluding hydrogens is 462 g/mol. The first-order valence-corrected chi connectivity index (χ1v) is 11.6. The lowest BCUT2D eigenvalue weighted by atomic mass is 10.0. The first kappa shape index (κ1) is 22.1. The van der Waals surface area contributed by atoms with Gasteiger partial charge in [-0.3, -0.25) is 9.69 Å². The third-order valence-corrected chi connectivity index (χ3v) is 6.07. The summed E-state index contributed by atoms with van der Waals surface area (Å²) in [6, 6.07) is 24.1. The van der Waals surface area contributed by atoms with Crippen LogP contribution in [0.2, 0.25) is 0 Å². The summed E-state index contributed by atoms with van der Waals surface area (Å²) < 4.78 is 6.47. The molecule has 1 heterocycles. The summed E-state index contributed by atoms with van der Waals surface area (Å²) in [5.41, 5.74) is 5.58. The van der Waals surface area contributed by atoms with Gasteiger partial charge in [0.2, 0.25) is 0 Å². The van der Waals surface area contributed by atoms with Crippen molar-refractivity contribution in [2.75, 3.05) is 11.5 Å². The van der Waals surface area contributed by atoms with E-state index in [1.54, 1.807) is 4.90 Å². The summed E-state index contributed by atoms with van der Waals surface area (Å²) in [6.45, 7) is 6.89. The Morgan fingerprint density at radius 2 is 1.72 bits per heavy atom. The van der Waals surface area contributed by atoms with Crippen LogP contribution < -0.4 is 9.64 Å². The Morgan fingerprint density at radius 3 is 2.34 bits per heavy atom. The zero-order chi connectivity index (χ0) is 22.7. The van der Waals surface area contributed by atoms with E-state index in [9.17, 15) is 4.79 Å². The molecule has 0 atom stereocenters. The molecule has 0 aromatic heterocycles. The van der Waals surface area contributed by atoms with Crippen molar-refractivity contribution in [3.63, 3.8) is 0 Å². The van der Waals surface area contributed by atoms with Crippen molar-refractivity contribution in [3.8, 4) is 5.75 Å². The first-order valence-electron chi connectivity index (χ1n) is 10.8. The fourth-order valence-electron chi connectivity index (χ4n) is 3.76. The zero-order valence-electron chi connectivity index (χ0n) is 18.5. The Kier molecular flexibility index (Phi) is 6.61. The predicted molar refractivity (Wildman–Crippen MR) is 136 cm³/mol. The summed E-state index contributed by atoms with van der Waals surface area (Å²) in [5.74, 6) is 1.20. The van der Waals surface area contributed by atoms with Crippen molar-refractivity contribution in [1.29, 1.82) is 0 Å². The highest BCUT2D eigenvalue weighted by atomic mass is 79.9. The van der Waals surface area contributed by atoms with Gasteiger partial charge in [0.25, 0.3) is 5.91 Å². The van der Waals surface area contributed by atoms with Gasteiger partial charge in [0.15, 0.2) is 0 Å². The fraction of sp³-hybridized carbons (Fsp3) is 0.179. The van der Waals surface area contributed by atoms with Crippen LogP contribution in [0.4, 0.5) is 5.69 Å². The molecule has 1 aliphatic heterocycles. The van der Waals surface area contributed by atoms with Gasteiger partial charge in [-0.15, -0.1) is 0 Å². The topological polar surface area (TPSA) is 29.5 Å². The Labute approximate surface area is 198 Å². The first-order chi connectivity index (χ1) is 15.5. The molecule has 4 heteroatoms. The van der Waals surface area contributed by atoms with E-state index in [1.807, 2.05) is 79.7 Å². The van der Waals surface area contributed by atoms with E-state index in [-0.39, 0.29) is 5.91 Å². The molecule has 1 aliphatic rings. The standard InChI is InChI=1S/C28H26BrNO2/c1-4-32-27-15-10-20(17-25(27)29)16-23-18-26(22-8-6-5-7-9-22)30(28(23)31)24-13-11-21(12-14-24)19(2)3/h5-19H,4H2,1-3H3/b23-16+. The van der Waals surface area contributed by atoms with Crippen molar-refractivity contribution >= 4 is 39.3 Å². The molecule has 0 aliphatic carbocycles. The maximum Gasteiger partial charge on any atom is 0.262 e. The van der Waals surface area contributed by atoms with E-state index < -0.39 is 0 Å². The molecule has 0 fully saturated rings. The largest absolute Gasteiger partial charge is 0.493 e. The molecule has 3 aromatic rings. The monoisotopic (exact) mass is 487 g/mol. The minimum atomic E-state index is -0.0360. The quantitative estimate of drug-likeness (QED) is 0.338. The van der Waals surface area contributed by atoms with Gasteiger partial charge in [-0.25, -0.2) is 0 Å². The van der Waals surface area contributed by atoms with Crippen LogP contribution in [0.25, 0.3) is 11.8 Å². The van der Waals surface area contributed by atoms with E-state index >= 15 is 0 Å². The molecule has 162 valence electrons. The maximum absolute atomic E-state index is 13.5. The van der Waals surface area contributed by atoms with E-state index in [1.165, 1.54) is 5.56 Å². The molecule has 1 amide bonds. The second-order valence-electron chi connectivity index (χ2n) is 8.00. The minimum absolute atomic E-state index is 0.0360. The van der Waals surface area contributed by atoms with Crippen LogP contribution in [0.15, 0.2) is 88.9 Å². The normalized spacial score (nSPS) is 14.9. The third kappa shape index (κ3) is 4.56. The number of benzene rings is 3. The maximum atomic E-state index is 13.5. The van der Waals surface area contributed by atoms with Gasteiger partial charge in [0.1, 0.15) is 5.75 Å². The molecule has 0 N–H and O–H groups in total. The van der Waals surface area contributed by atoms with Crippen molar-refractivity contribution in [2.24, 2.45) is 0 Å². The lowest BCUT2D eigenvalue weighted by Gasteiger charge is -2.21. The van der Waals surface area contributed by atoms with Gasteiger partial charge in [0, 0.05) is 11.3 Å². The van der Waals surface area contributed by atoms with E-state index in [0.29, 0.717) is 18.1 Å². The van der Waals surface area contributed by atoms with Gasteiger partial charge in [-0.1, -0.05) is 62.4 Å². The molecule has 3 aromatic carbocycles. The number of ether oxygens (including phenoxy) is 1. The van der Waals surface area contributed by atoms with Gasteiger partial charge < -0.3 is 4.74 Å². The molecule has 0 saturated heterocycles. The second-order valence-corrected chi connectivity index (χ2v) is 8.86. The van der Waals surface area contributed by atoms with E-state index in [4.69, 9.17) is 4.74 Å². The molecule has 0 spiro atoms. The summed E-state index contributed by atoms with van der Waals surface area (Å²) >= 11 is 3.56. The smallest absolute Gasteiger partial charge is 0.262 e. The van der Waals surface area contributed by atoms with Crippen LogP contribution in [0.3, 0.4) is 0 Å². The Bertz CT molecular complexity index is 1180. The predicted octanol–water partition coefficient (Wildman–Crippen LogP) is 7.44. The Balaban J connectivity index is 1.75. The van der Waals surface area contributed by atoms with E-state index in [0.717, 1.165) is 32.7 Å². The molecular formula is C28H26BrNO2. The molecule has 0 bridgehead atoms. The number of carbonyl (C=O) groups excluding carboxylic acids is 1. The van der Waals surface area contributed by atoms with Crippen LogP contribution in [0, 0.1) is 0 Å². The molecule has 4 rings (SSSR count). The number of halogens is 1. The second kappa shape index (κ2) is 9.58. The Morgan fingerprint density at radius 1 is 1.00 bits per heavy atom. The van der Waals surface area contributed by atoms with Gasteiger partial charge in [0.05, 0.1) is 16.8 Å². The number of hydrogen-bond donors (Lipinski definition) is 0. The summed E-state index contributed by atoms with van der Waals surface area (Å²) in [4.78, 5) is 15.3. The fourth-order valence-corrected chi connectivity index (χ4v) is 4.27. The highest BCUT2D eigenvalue weighted by molar-refractivity contribution is 9.10. The van der Waals surface area contributed by atoms with E-state index in [2.05, 4.69) is 41.9 Å². The SMILES string of the molecule is CCOc1ccc(/C=C2\C=C(c3ccccc3)N(c3ccc(C(C)C)cc3)C2=O)cc1Br. The third-order valence-electron chi connectivity index (χ3n) is 5.45. The van der Waals surface area contributed by atoms with Crippen LogP contribution in [0.5, 0.6) is 5.75 Å². The highest BCUT2D eigenvalue weighted by Crippen LogP contribution is 2.36. The number of nitrogens with zero attached hydrogens (tertiary/aromatic N) is 1. The Hall–Kier alpha value is -3.11. The van der Waals surface area contributed by atoms with Crippen LogP contribution in [-0.4, -0.2) is 12.5 Å². The zero-order valence-corrected chi connectivity index (χ0v) is 20.1. The lowest BCUT2D eigenvalue weighted by Crippen LogP contribution is -2.24. The summed E-state index contributed by atoms with van der Waals surface area (Å²) in [6.07, 6.45) is 3.90. The molecule has 0 radical (unpaired) electrons. The number of hydrogen-bond acceptors (Lipinski definition) is 2. The van der Waals surface area contributed by atoms with Gasteiger partial charge >= 0.3 is 0 Å². The van der Waals surface area contributed by atoms with Crippen molar-refractivity contribution in [3.05, 3.63) is 106 Å².